The molecule has 0 radical (unpaired) electrons. The summed E-state index contributed by atoms with van der Waals surface area (Å²) in [5, 5.41) is 2.55. The van der Waals surface area contributed by atoms with Crippen molar-refractivity contribution in [1.82, 2.24) is 5.32 Å². The minimum atomic E-state index is -1.09. The SMILES string of the molecule is CC(C)C(NC(=O)[C@H](OC(=O)[C@@H](N)C(C)C)C(C)C)C(=O)O[C@@H](C)C=O. The number of esters is 2. The van der Waals surface area contributed by atoms with Crippen LogP contribution in [0.3, 0.4) is 0 Å². The Kier molecular flexibility index (Phi) is 10.1. The molecule has 0 aromatic heterocycles. The second kappa shape index (κ2) is 10.9. The molecule has 3 N–H and O–H groups in total. The van der Waals surface area contributed by atoms with Crippen molar-refractivity contribution < 1.29 is 28.7 Å². The Morgan fingerprint density at radius 1 is 0.846 bits per heavy atom. The summed E-state index contributed by atoms with van der Waals surface area (Å²) in [7, 11) is 0. The third-order valence-corrected chi connectivity index (χ3v) is 3.81. The van der Waals surface area contributed by atoms with Gasteiger partial charge in [0.05, 0.1) is 0 Å². The van der Waals surface area contributed by atoms with Crippen LogP contribution in [0.2, 0.25) is 0 Å². The monoisotopic (exact) mass is 372 g/mol. The van der Waals surface area contributed by atoms with Gasteiger partial charge >= 0.3 is 11.9 Å². The number of amides is 1. The minimum Gasteiger partial charge on any atom is -0.453 e. The first-order chi connectivity index (χ1) is 11.9. The average molecular weight is 372 g/mol. The highest BCUT2D eigenvalue weighted by molar-refractivity contribution is 5.89. The van der Waals surface area contributed by atoms with Crippen LogP contribution in [0.1, 0.15) is 48.5 Å². The summed E-state index contributed by atoms with van der Waals surface area (Å²) in [6.45, 7) is 11.9. The van der Waals surface area contributed by atoms with E-state index in [4.69, 9.17) is 15.2 Å². The highest BCUT2D eigenvalue weighted by atomic mass is 16.6. The molecular formula is C18H32N2O6. The van der Waals surface area contributed by atoms with E-state index in [0.29, 0.717) is 6.29 Å². The van der Waals surface area contributed by atoms with Crippen molar-refractivity contribution in [2.45, 2.75) is 72.8 Å². The van der Waals surface area contributed by atoms with Crippen LogP contribution in [-0.4, -0.2) is 48.4 Å². The summed E-state index contributed by atoms with van der Waals surface area (Å²) in [6.07, 6.45) is -1.52. The van der Waals surface area contributed by atoms with E-state index >= 15 is 0 Å². The van der Waals surface area contributed by atoms with Gasteiger partial charge in [0, 0.05) is 0 Å². The van der Waals surface area contributed by atoms with E-state index in [1.165, 1.54) is 6.92 Å². The molecule has 4 atom stereocenters. The number of aldehydes is 1. The van der Waals surface area contributed by atoms with Crippen molar-refractivity contribution in [3.05, 3.63) is 0 Å². The van der Waals surface area contributed by atoms with Crippen LogP contribution in [0.5, 0.6) is 0 Å². The van der Waals surface area contributed by atoms with Crippen LogP contribution in [-0.2, 0) is 28.7 Å². The molecule has 26 heavy (non-hydrogen) atoms. The Labute approximate surface area is 155 Å². The van der Waals surface area contributed by atoms with Crippen LogP contribution in [0, 0.1) is 17.8 Å². The third-order valence-electron chi connectivity index (χ3n) is 3.81. The lowest BCUT2D eigenvalue weighted by Crippen LogP contribution is -2.52. The molecule has 0 fully saturated rings. The molecule has 150 valence electrons. The number of rotatable bonds is 10. The number of hydrogen-bond donors (Lipinski definition) is 2. The Bertz CT molecular complexity index is 504. The first-order valence-electron chi connectivity index (χ1n) is 8.84. The van der Waals surface area contributed by atoms with Gasteiger partial charge < -0.3 is 20.5 Å². The molecule has 0 saturated carbocycles. The zero-order chi connectivity index (χ0) is 20.6. The van der Waals surface area contributed by atoms with Crippen molar-refractivity contribution in [3.63, 3.8) is 0 Å². The van der Waals surface area contributed by atoms with Crippen LogP contribution in [0.4, 0.5) is 0 Å². The smallest absolute Gasteiger partial charge is 0.329 e. The van der Waals surface area contributed by atoms with Crippen molar-refractivity contribution in [3.8, 4) is 0 Å². The maximum atomic E-state index is 12.6. The lowest BCUT2D eigenvalue weighted by atomic mass is 10.0. The number of carbonyl (C=O) groups is 4. The van der Waals surface area contributed by atoms with E-state index < -0.39 is 42.1 Å². The summed E-state index contributed by atoms with van der Waals surface area (Å²) < 4.78 is 10.2. The molecule has 0 spiro atoms. The van der Waals surface area contributed by atoms with Crippen molar-refractivity contribution in [1.29, 1.82) is 0 Å². The molecule has 0 aliphatic rings. The number of ether oxygens (including phenoxy) is 2. The first kappa shape index (κ1) is 24.0. The minimum absolute atomic E-state index is 0.137. The Morgan fingerprint density at radius 2 is 1.38 bits per heavy atom. The zero-order valence-corrected chi connectivity index (χ0v) is 16.6. The first-order valence-corrected chi connectivity index (χ1v) is 8.84. The van der Waals surface area contributed by atoms with E-state index in [0.717, 1.165) is 0 Å². The van der Waals surface area contributed by atoms with Crippen molar-refractivity contribution in [2.75, 3.05) is 0 Å². The van der Waals surface area contributed by atoms with Gasteiger partial charge in [-0.15, -0.1) is 0 Å². The summed E-state index contributed by atoms with van der Waals surface area (Å²) in [5.41, 5.74) is 5.76. The molecule has 0 aromatic carbocycles. The quantitative estimate of drug-likeness (QED) is 0.429. The maximum absolute atomic E-state index is 12.6. The molecule has 8 nitrogen and oxygen atoms in total. The molecule has 0 saturated heterocycles. The molecule has 0 heterocycles. The molecule has 8 heteroatoms. The van der Waals surface area contributed by atoms with E-state index in [2.05, 4.69) is 5.32 Å². The van der Waals surface area contributed by atoms with Gasteiger partial charge in [-0.3, -0.25) is 14.4 Å². The second-order valence-electron chi connectivity index (χ2n) is 7.38. The molecule has 0 aliphatic heterocycles. The van der Waals surface area contributed by atoms with Gasteiger partial charge in [-0.25, -0.2) is 4.79 Å². The number of nitrogens with one attached hydrogen (secondary N) is 1. The predicted octanol–water partition coefficient (Wildman–Crippen LogP) is 0.809. The number of hydrogen-bond acceptors (Lipinski definition) is 7. The Hall–Kier alpha value is -1.96. The van der Waals surface area contributed by atoms with Crippen LogP contribution >= 0.6 is 0 Å². The van der Waals surface area contributed by atoms with Gasteiger partial charge in [0.15, 0.2) is 18.5 Å². The molecule has 0 aliphatic carbocycles. The largest absolute Gasteiger partial charge is 0.453 e. The average Bonchev–Trinajstić information content (AvgIpc) is 2.54. The summed E-state index contributed by atoms with van der Waals surface area (Å²) in [6, 6.07) is -1.81. The summed E-state index contributed by atoms with van der Waals surface area (Å²) in [4.78, 5) is 47.5. The van der Waals surface area contributed by atoms with Gasteiger partial charge in [-0.05, 0) is 24.7 Å². The zero-order valence-electron chi connectivity index (χ0n) is 16.6. The Balaban J connectivity index is 5.18. The highest BCUT2D eigenvalue weighted by Gasteiger charge is 2.34. The molecule has 0 aromatic rings. The lowest BCUT2D eigenvalue weighted by Gasteiger charge is -2.27. The van der Waals surface area contributed by atoms with Crippen LogP contribution in [0.15, 0.2) is 0 Å². The molecule has 1 unspecified atom stereocenters. The number of nitrogens with two attached hydrogens (primary N) is 1. The molecule has 0 bridgehead atoms. The second-order valence-corrected chi connectivity index (χ2v) is 7.38. The van der Waals surface area contributed by atoms with Gasteiger partial charge in [-0.2, -0.15) is 0 Å². The Morgan fingerprint density at radius 3 is 1.77 bits per heavy atom. The molecular weight excluding hydrogens is 340 g/mol. The maximum Gasteiger partial charge on any atom is 0.329 e. The van der Waals surface area contributed by atoms with Crippen molar-refractivity contribution >= 4 is 24.1 Å². The topological polar surface area (TPSA) is 125 Å². The van der Waals surface area contributed by atoms with E-state index in [1.54, 1.807) is 41.5 Å². The van der Waals surface area contributed by atoms with Crippen molar-refractivity contribution in [2.24, 2.45) is 23.5 Å². The fourth-order valence-electron chi connectivity index (χ4n) is 1.99. The van der Waals surface area contributed by atoms with Crippen LogP contribution < -0.4 is 11.1 Å². The number of carbonyl (C=O) groups excluding carboxylic acids is 4. The van der Waals surface area contributed by atoms with Gasteiger partial charge in [0.25, 0.3) is 5.91 Å². The fourth-order valence-corrected chi connectivity index (χ4v) is 1.99. The molecule has 1 amide bonds. The highest BCUT2D eigenvalue weighted by Crippen LogP contribution is 2.13. The van der Waals surface area contributed by atoms with Gasteiger partial charge in [0.2, 0.25) is 0 Å². The van der Waals surface area contributed by atoms with E-state index in [-0.39, 0.29) is 17.8 Å². The van der Waals surface area contributed by atoms with E-state index in [1.807, 2.05) is 0 Å². The standard InChI is InChI=1S/C18H32N2O6/c1-9(2)13(19)17(23)26-15(11(5)6)16(22)20-14(10(3)4)18(24)25-12(7)8-21/h8-15H,19H2,1-7H3,(H,20,22)/t12-,13-,14?,15+/m0/s1. The fraction of sp³-hybridized carbons (Fsp3) is 0.778. The van der Waals surface area contributed by atoms with Gasteiger partial charge in [0.1, 0.15) is 12.1 Å². The van der Waals surface area contributed by atoms with Crippen LogP contribution in [0.25, 0.3) is 0 Å². The predicted molar refractivity (Wildman–Crippen MR) is 95.9 cm³/mol. The van der Waals surface area contributed by atoms with Gasteiger partial charge in [-0.1, -0.05) is 41.5 Å². The summed E-state index contributed by atoms with van der Waals surface area (Å²) >= 11 is 0. The summed E-state index contributed by atoms with van der Waals surface area (Å²) in [5.74, 6) is -2.75. The third kappa shape index (κ3) is 7.51. The molecule has 0 rings (SSSR count). The lowest BCUT2D eigenvalue weighted by molar-refractivity contribution is -0.163. The normalized spacial score (nSPS) is 16.0. The van der Waals surface area contributed by atoms with E-state index in [9.17, 15) is 19.2 Å².